The van der Waals surface area contributed by atoms with Crippen LogP contribution in [0, 0.1) is 11.6 Å². The first-order chi connectivity index (χ1) is 37.4. The van der Waals surface area contributed by atoms with Gasteiger partial charge in [-0.05, 0) is 0 Å². The van der Waals surface area contributed by atoms with Crippen molar-refractivity contribution in [3.8, 4) is 22.3 Å². The van der Waals surface area contributed by atoms with Gasteiger partial charge in [-0.2, -0.15) is 0 Å². The molecule has 4 aliphatic rings. The summed E-state index contributed by atoms with van der Waals surface area (Å²) >= 11 is -0.948. The van der Waals surface area contributed by atoms with Gasteiger partial charge in [-0.25, -0.2) is 0 Å². The zero-order chi connectivity index (χ0) is 55.7. The third-order valence-corrected chi connectivity index (χ3v) is 22.1. The predicted octanol–water partition coefficient (Wildman–Crippen LogP) is 16.1. The van der Waals surface area contributed by atoms with E-state index < -0.39 is 77.4 Å². The van der Waals surface area contributed by atoms with Gasteiger partial charge >= 0.3 is 457 Å². The van der Waals surface area contributed by atoms with Crippen LogP contribution in [-0.2, 0) is 29.4 Å². The molecule has 426 valence electrons. The minimum Gasteiger partial charge on any atom is -0.0654 e. The molecule has 0 bridgehead atoms. The van der Waals surface area contributed by atoms with Crippen LogP contribution in [0.15, 0.2) is 12.1 Å². The number of rotatable bonds is 30. The Hall–Kier alpha value is -2.27. The van der Waals surface area contributed by atoms with Crippen molar-refractivity contribution in [2.45, 2.75) is 296 Å². The van der Waals surface area contributed by atoms with E-state index in [1.54, 1.807) is 0 Å². The van der Waals surface area contributed by atoms with Crippen LogP contribution in [0.4, 0.5) is 8.78 Å². The van der Waals surface area contributed by atoms with Crippen LogP contribution < -0.4 is 10.9 Å². The Bertz CT molecular complexity index is 2630. The summed E-state index contributed by atoms with van der Waals surface area (Å²) in [6.45, 7) is 25.8. The second-order valence-corrected chi connectivity index (χ2v) is 28.5. The van der Waals surface area contributed by atoms with Gasteiger partial charge < -0.3 is 0 Å². The van der Waals surface area contributed by atoms with Crippen molar-refractivity contribution >= 4 is 77.2 Å². The fourth-order valence-corrected chi connectivity index (χ4v) is 16.3. The molecule has 2 fully saturated rings. The van der Waals surface area contributed by atoms with Crippen molar-refractivity contribution in [3.63, 3.8) is 0 Å². The standard InChI is InChI=1S/C64H94B2F2N4O4Se2/c1-13-17-21-25-29-33-37-63(38-34-30-26-22-18-14-2)43-41-45(65-73-59(5,6)60(7,8)74-65)55-57(71-77-69-55)47(43)49-51(63)53(67)50-48-44(42-46(56-58(48)72-78-70-56)66-75-61(9,10)62(11,12)76-66)64(52(50)54(49)68,39-35-31-27-23-19-15-3)40-36-32-28-24-20-16-4/h41-42H,13-40H2,1-12H3. The van der Waals surface area contributed by atoms with E-state index in [2.05, 4.69) is 95.2 Å². The molecule has 2 aromatic heterocycles. The van der Waals surface area contributed by atoms with Gasteiger partial charge in [0.2, 0.25) is 0 Å². The Balaban J connectivity index is 1.33. The number of aromatic nitrogens is 4. The van der Waals surface area contributed by atoms with Gasteiger partial charge in [-0.1, -0.05) is 27.7 Å². The van der Waals surface area contributed by atoms with E-state index in [-0.39, 0.29) is 11.6 Å². The number of fused-ring (bicyclic) bond motifs is 10. The maximum atomic E-state index is 20.2. The molecule has 14 heteroatoms. The van der Waals surface area contributed by atoms with Crippen LogP contribution in [0.5, 0.6) is 0 Å². The zero-order valence-corrected chi connectivity index (χ0v) is 53.5. The molecule has 0 N–H and O–H groups in total. The van der Waals surface area contributed by atoms with Crippen molar-refractivity contribution in [1.82, 2.24) is 15.9 Å². The molecule has 2 aliphatic heterocycles. The summed E-state index contributed by atoms with van der Waals surface area (Å²) in [6, 6.07) is 4.49. The van der Waals surface area contributed by atoms with E-state index in [9.17, 15) is 0 Å². The summed E-state index contributed by atoms with van der Waals surface area (Å²) in [5.41, 5.74) is 5.88. The molecule has 0 saturated carbocycles. The summed E-state index contributed by atoms with van der Waals surface area (Å²) < 4.78 is 88.8. The molecule has 5 aromatic rings. The van der Waals surface area contributed by atoms with E-state index in [0.29, 0.717) is 59.0 Å². The average molecular weight is 1200 g/mol. The molecule has 2 aliphatic carbocycles. The van der Waals surface area contributed by atoms with Crippen molar-refractivity contribution in [2.75, 3.05) is 0 Å². The fourth-order valence-electron chi connectivity index (χ4n) is 13.9. The van der Waals surface area contributed by atoms with Crippen LogP contribution in [0.2, 0.25) is 0 Å². The van der Waals surface area contributed by atoms with E-state index in [0.717, 1.165) is 121 Å². The summed E-state index contributed by atoms with van der Waals surface area (Å²) in [4.78, 5) is 0. The van der Waals surface area contributed by atoms with Crippen molar-refractivity contribution in [1.29, 1.82) is 0 Å². The third kappa shape index (κ3) is 11.1. The Labute approximate surface area is 482 Å². The van der Waals surface area contributed by atoms with E-state index in [1.807, 2.05) is 0 Å². The minimum absolute atomic E-state index is 0.268. The molecule has 0 spiro atoms. The van der Waals surface area contributed by atoms with Gasteiger partial charge in [0.25, 0.3) is 0 Å². The number of benzene rings is 3. The quantitative estimate of drug-likeness (QED) is 0.0332. The number of halogens is 2. The molecule has 4 heterocycles. The molecule has 0 radical (unpaired) electrons. The molecule has 9 rings (SSSR count). The van der Waals surface area contributed by atoms with Gasteiger partial charge in [-0.3, -0.25) is 0 Å². The Morgan fingerprint density at radius 2 is 0.628 bits per heavy atom. The number of unbranched alkanes of at least 4 members (excludes halogenated alkanes) is 20. The number of nitrogens with zero attached hydrogens (tertiary/aromatic N) is 4. The topological polar surface area (TPSA) is 88.5 Å². The van der Waals surface area contributed by atoms with E-state index >= 15 is 8.78 Å². The first-order valence-electron chi connectivity index (χ1n) is 31.2. The molecular formula is C64H94B2F2N4O4Se2. The van der Waals surface area contributed by atoms with Gasteiger partial charge in [0, 0.05) is 0 Å². The van der Waals surface area contributed by atoms with Gasteiger partial charge in [0.1, 0.15) is 0 Å². The van der Waals surface area contributed by atoms with Gasteiger partial charge in [0.05, 0.1) is 0 Å². The van der Waals surface area contributed by atoms with Crippen molar-refractivity contribution in [3.05, 3.63) is 46.0 Å². The van der Waals surface area contributed by atoms with Gasteiger partial charge in [-0.15, -0.1) is 0 Å². The zero-order valence-electron chi connectivity index (χ0n) is 50.1. The molecule has 8 nitrogen and oxygen atoms in total. The van der Waals surface area contributed by atoms with Crippen LogP contribution >= 0.6 is 0 Å². The van der Waals surface area contributed by atoms with Gasteiger partial charge in [0.15, 0.2) is 0 Å². The van der Waals surface area contributed by atoms with Crippen molar-refractivity contribution in [2.24, 2.45) is 0 Å². The number of hydrogen-bond acceptors (Lipinski definition) is 8. The summed E-state index contributed by atoms with van der Waals surface area (Å²) in [5, 5.41) is 0. The second-order valence-electron chi connectivity index (χ2n) is 26.2. The summed E-state index contributed by atoms with van der Waals surface area (Å²) in [7, 11) is -1.40. The van der Waals surface area contributed by atoms with Crippen LogP contribution in [0.3, 0.4) is 0 Å². The smallest absolute Gasteiger partial charge is 0.0654 e. The minimum atomic E-state index is -0.833. The monoisotopic (exact) mass is 1200 g/mol. The molecule has 0 amide bonds. The molecule has 2 saturated heterocycles. The number of hydrogen-bond donors (Lipinski definition) is 0. The molecule has 78 heavy (non-hydrogen) atoms. The molecule has 0 unspecified atom stereocenters. The first-order valence-corrected chi connectivity index (χ1v) is 34.3. The summed E-state index contributed by atoms with van der Waals surface area (Å²) in [6.07, 6.45) is 29.3. The molecule has 0 atom stereocenters. The average Bonchev–Trinajstić information content (AvgIpc) is 4.38. The second kappa shape index (κ2) is 24.9. The first kappa shape index (κ1) is 60.3. The Morgan fingerprint density at radius 3 is 0.910 bits per heavy atom. The van der Waals surface area contributed by atoms with E-state index in [4.69, 9.17) is 34.5 Å². The maximum absolute atomic E-state index is 20.2. The fraction of sp³-hybridized carbons (Fsp3) is 0.719. The van der Waals surface area contributed by atoms with Crippen molar-refractivity contribution < 1.29 is 27.4 Å². The Morgan fingerprint density at radius 1 is 0.372 bits per heavy atom. The third-order valence-electron chi connectivity index (χ3n) is 19.8. The van der Waals surface area contributed by atoms with Crippen LogP contribution in [0.1, 0.15) is 285 Å². The van der Waals surface area contributed by atoms with E-state index in [1.165, 1.54) is 77.0 Å². The predicted molar refractivity (Wildman–Crippen MR) is 322 cm³/mol. The van der Waals surface area contributed by atoms with Crippen LogP contribution in [-0.4, -0.2) is 82.5 Å². The SMILES string of the molecule is CCCCCCCCC1(CCCCCCCC)c2cc(B3OC(C)(C)C(C)(C)O3)c3n[se]nc3c2-c2c(F)c3c(c(F)c21)-c1c(cc(B2OC(C)(C)C(C)(C)O2)c2n[se]nc12)C3(CCCCCCCC)CCCCCCCC. The molecule has 3 aromatic carbocycles. The summed E-state index contributed by atoms with van der Waals surface area (Å²) in [5.74, 6) is -0.537. The Kier molecular flexibility index (Phi) is 19.3. The normalized spacial score (nSPS) is 18.9. The molecular weight excluding hydrogens is 1110 g/mol. The van der Waals surface area contributed by atoms with Crippen LogP contribution in [0.25, 0.3) is 44.3 Å².